The van der Waals surface area contributed by atoms with Gasteiger partial charge in [-0.1, -0.05) is 40.5 Å². The van der Waals surface area contributed by atoms with Crippen LogP contribution in [0.25, 0.3) is 22.3 Å². The predicted octanol–water partition coefficient (Wildman–Crippen LogP) is 4.98. The summed E-state index contributed by atoms with van der Waals surface area (Å²) in [6, 6.07) is 15.8. The average molecular weight is 409 g/mol. The molecule has 2 aromatic carbocycles. The third-order valence-corrected chi connectivity index (χ3v) is 4.62. The van der Waals surface area contributed by atoms with E-state index >= 15 is 0 Å². The molecule has 4 rings (SSSR count). The number of nitrogens with one attached hydrogen (secondary N) is 1. The van der Waals surface area contributed by atoms with E-state index in [2.05, 4.69) is 10.5 Å². The Hall–Kier alpha value is -3.38. The number of hydrogen-bond donors (Lipinski definition) is 1. The van der Waals surface area contributed by atoms with Gasteiger partial charge in [0.2, 0.25) is 5.91 Å². The number of amides is 1. The van der Waals surface area contributed by atoms with Crippen molar-refractivity contribution >= 4 is 34.2 Å². The molecular formula is C22H17ClN2O4. The van der Waals surface area contributed by atoms with E-state index < -0.39 is 0 Å². The van der Waals surface area contributed by atoms with E-state index in [1.54, 1.807) is 24.3 Å². The van der Waals surface area contributed by atoms with Crippen LogP contribution < -0.4 is 10.7 Å². The van der Waals surface area contributed by atoms with Gasteiger partial charge in [0.05, 0.1) is 5.39 Å². The molecule has 0 saturated carbocycles. The van der Waals surface area contributed by atoms with Gasteiger partial charge in [-0.25, -0.2) is 0 Å². The number of carbonyl (C=O) groups excluding carboxylic acids is 1. The minimum Gasteiger partial charge on any atom is -0.456 e. The molecule has 0 aliphatic rings. The molecule has 0 aliphatic heterocycles. The molecule has 29 heavy (non-hydrogen) atoms. The van der Waals surface area contributed by atoms with E-state index in [0.29, 0.717) is 34.6 Å². The smallest absolute Gasteiger partial charge is 0.224 e. The standard InChI is InChI=1S/C22H17ClN2O4/c1-13-3-2-4-14(9-13)20-12-18(26)17-10-15(5-7-19(17)28-20)24-22(27)8-6-16-11-21(23)25-29-16/h2-5,7,9-12H,6,8H2,1H3,(H,24,27). The first-order chi connectivity index (χ1) is 14.0. The first-order valence-corrected chi connectivity index (χ1v) is 9.41. The van der Waals surface area contributed by atoms with Crippen LogP contribution in [0.15, 0.2) is 68.3 Å². The average Bonchev–Trinajstić information content (AvgIpc) is 3.12. The molecule has 2 aromatic heterocycles. The molecular weight excluding hydrogens is 392 g/mol. The molecule has 6 nitrogen and oxygen atoms in total. The van der Waals surface area contributed by atoms with E-state index in [4.69, 9.17) is 20.5 Å². The quantitative estimate of drug-likeness (QED) is 0.503. The number of halogens is 1. The van der Waals surface area contributed by atoms with Gasteiger partial charge in [-0.15, -0.1) is 0 Å². The zero-order chi connectivity index (χ0) is 20.4. The normalized spacial score (nSPS) is 11.0. The van der Waals surface area contributed by atoms with Crippen molar-refractivity contribution in [3.05, 3.63) is 81.3 Å². The van der Waals surface area contributed by atoms with Crippen molar-refractivity contribution in [1.82, 2.24) is 5.16 Å². The van der Waals surface area contributed by atoms with Crippen molar-refractivity contribution < 1.29 is 13.7 Å². The lowest BCUT2D eigenvalue weighted by Gasteiger charge is -2.07. The van der Waals surface area contributed by atoms with Gasteiger partial charge in [0, 0.05) is 36.2 Å². The Balaban J connectivity index is 1.53. The number of aryl methyl sites for hydroxylation is 2. The van der Waals surface area contributed by atoms with Gasteiger partial charge in [0.1, 0.15) is 17.1 Å². The van der Waals surface area contributed by atoms with Crippen LogP contribution in [0.3, 0.4) is 0 Å². The van der Waals surface area contributed by atoms with Crippen LogP contribution in [0.5, 0.6) is 0 Å². The lowest BCUT2D eigenvalue weighted by molar-refractivity contribution is -0.116. The summed E-state index contributed by atoms with van der Waals surface area (Å²) in [7, 11) is 0. The molecule has 7 heteroatoms. The lowest BCUT2D eigenvalue weighted by atomic mass is 10.1. The Morgan fingerprint density at radius 3 is 2.76 bits per heavy atom. The Bertz CT molecular complexity index is 1260. The maximum Gasteiger partial charge on any atom is 0.224 e. The summed E-state index contributed by atoms with van der Waals surface area (Å²) in [5.41, 5.74) is 2.73. The number of rotatable bonds is 5. The summed E-state index contributed by atoms with van der Waals surface area (Å²) in [5.74, 6) is 0.833. The summed E-state index contributed by atoms with van der Waals surface area (Å²) in [5, 5.41) is 7.01. The van der Waals surface area contributed by atoms with Gasteiger partial charge in [-0.2, -0.15) is 0 Å². The van der Waals surface area contributed by atoms with Crippen LogP contribution in [-0.2, 0) is 11.2 Å². The number of fused-ring (bicyclic) bond motifs is 1. The number of anilines is 1. The molecule has 0 unspecified atom stereocenters. The number of hydrogen-bond acceptors (Lipinski definition) is 5. The summed E-state index contributed by atoms with van der Waals surface area (Å²) < 4.78 is 10.9. The Labute approximate surface area is 171 Å². The molecule has 0 bridgehead atoms. The molecule has 1 amide bonds. The molecule has 0 atom stereocenters. The van der Waals surface area contributed by atoms with E-state index in [0.717, 1.165) is 11.1 Å². The Kier molecular flexibility index (Phi) is 5.18. The Morgan fingerprint density at radius 1 is 1.14 bits per heavy atom. The molecule has 1 N–H and O–H groups in total. The monoisotopic (exact) mass is 408 g/mol. The van der Waals surface area contributed by atoms with Gasteiger partial charge < -0.3 is 14.3 Å². The highest BCUT2D eigenvalue weighted by Crippen LogP contribution is 2.24. The second-order valence-electron chi connectivity index (χ2n) is 6.72. The van der Waals surface area contributed by atoms with Crippen molar-refractivity contribution in [2.45, 2.75) is 19.8 Å². The first-order valence-electron chi connectivity index (χ1n) is 9.04. The van der Waals surface area contributed by atoms with Gasteiger partial charge in [-0.3, -0.25) is 9.59 Å². The van der Waals surface area contributed by atoms with Crippen LogP contribution in [0, 0.1) is 6.92 Å². The molecule has 0 fully saturated rings. The fraction of sp³-hybridized carbons (Fsp3) is 0.136. The van der Waals surface area contributed by atoms with Crippen molar-refractivity contribution in [1.29, 1.82) is 0 Å². The van der Waals surface area contributed by atoms with Crippen LogP contribution in [0.4, 0.5) is 5.69 Å². The summed E-state index contributed by atoms with van der Waals surface area (Å²) >= 11 is 5.69. The minimum atomic E-state index is -0.211. The minimum absolute atomic E-state index is 0.171. The highest BCUT2D eigenvalue weighted by molar-refractivity contribution is 6.29. The Morgan fingerprint density at radius 2 is 2.00 bits per heavy atom. The van der Waals surface area contributed by atoms with E-state index in [1.807, 2.05) is 31.2 Å². The predicted molar refractivity (Wildman–Crippen MR) is 111 cm³/mol. The zero-order valence-corrected chi connectivity index (χ0v) is 16.3. The third-order valence-electron chi connectivity index (χ3n) is 4.44. The largest absolute Gasteiger partial charge is 0.456 e. The van der Waals surface area contributed by atoms with Crippen molar-refractivity contribution in [2.24, 2.45) is 0 Å². The SMILES string of the molecule is Cc1cccc(-c2cc(=O)c3cc(NC(=O)CCc4cc(Cl)no4)ccc3o2)c1. The fourth-order valence-electron chi connectivity index (χ4n) is 3.04. The molecule has 0 radical (unpaired) electrons. The van der Waals surface area contributed by atoms with Gasteiger partial charge in [-0.05, 0) is 31.2 Å². The van der Waals surface area contributed by atoms with Gasteiger partial charge in [0.25, 0.3) is 0 Å². The maximum atomic E-state index is 12.6. The van der Waals surface area contributed by atoms with Crippen LogP contribution in [-0.4, -0.2) is 11.1 Å². The second-order valence-corrected chi connectivity index (χ2v) is 7.11. The van der Waals surface area contributed by atoms with Crippen molar-refractivity contribution in [3.63, 3.8) is 0 Å². The lowest BCUT2D eigenvalue weighted by Crippen LogP contribution is -2.12. The number of carbonyl (C=O) groups is 1. The van der Waals surface area contributed by atoms with Crippen LogP contribution in [0.2, 0.25) is 5.15 Å². The number of aromatic nitrogens is 1. The summed E-state index contributed by atoms with van der Waals surface area (Å²) in [6.45, 7) is 1.98. The van der Waals surface area contributed by atoms with Gasteiger partial charge >= 0.3 is 0 Å². The van der Waals surface area contributed by atoms with E-state index in [9.17, 15) is 9.59 Å². The summed E-state index contributed by atoms with van der Waals surface area (Å²) in [6.07, 6.45) is 0.575. The van der Waals surface area contributed by atoms with Crippen molar-refractivity contribution in [3.8, 4) is 11.3 Å². The van der Waals surface area contributed by atoms with Crippen molar-refractivity contribution in [2.75, 3.05) is 5.32 Å². The van der Waals surface area contributed by atoms with E-state index in [1.165, 1.54) is 6.07 Å². The first kappa shape index (κ1) is 19.0. The summed E-state index contributed by atoms with van der Waals surface area (Å²) in [4.78, 5) is 24.8. The molecule has 146 valence electrons. The topological polar surface area (TPSA) is 85.3 Å². The highest BCUT2D eigenvalue weighted by Gasteiger charge is 2.11. The van der Waals surface area contributed by atoms with E-state index in [-0.39, 0.29) is 22.9 Å². The second kappa shape index (κ2) is 7.93. The van der Waals surface area contributed by atoms with Crippen LogP contribution >= 0.6 is 11.6 Å². The molecule has 0 saturated heterocycles. The number of nitrogens with zero attached hydrogens (tertiary/aromatic N) is 1. The highest BCUT2D eigenvalue weighted by atomic mass is 35.5. The molecule has 2 heterocycles. The third kappa shape index (κ3) is 4.38. The van der Waals surface area contributed by atoms with Crippen LogP contribution in [0.1, 0.15) is 17.7 Å². The molecule has 4 aromatic rings. The molecule has 0 spiro atoms. The molecule has 0 aliphatic carbocycles. The zero-order valence-electron chi connectivity index (χ0n) is 15.6. The number of benzene rings is 2. The van der Waals surface area contributed by atoms with Gasteiger partial charge in [0.15, 0.2) is 10.6 Å². The fourth-order valence-corrected chi connectivity index (χ4v) is 3.20. The maximum absolute atomic E-state index is 12.6.